The molecule has 1 atom stereocenters. The van der Waals surface area contributed by atoms with Gasteiger partial charge in [0.25, 0.3) is 0 Å². The number of methoxy groups -OCH3 is 1. The summed E-state index contributed by atoms with van der Waals surface area (Å²) >= 11 is 0. The van der Waals surface area contributed by atoms with Gasteiger partial charge >= 0.3 is 0 Å². The topological polar surface area (TPSA) is 39.7 Å². The fourth-order valence-electron chi connectivity index (χ4n) is 2.00. The molecule has 1 aliphatic heterocycles. The summed E-state index contributed by atoms with van der Waals surface area (Å²) in [5, 5.41) is 3.42. The van der Waals surface area contributed by atoms with Gasteiger partial charge < -0.3 is 19.5 Å². The van der Waals surface area contributed by atoms with Crippen LogP contribution in [-0.2, 0) is 9.47 Å². The van der Waals surface area contributed by atoms with Crippen molar-refractivity contribution in [3.8, 4) is 5.75 Å². The van der Waals surface area contributed by atoms with E-state index in [0.29, 0.717) is 13.2 Å². The number of hydrogen-bond acceptors (Lipinski definition) is 4. The van der Waals surface area contributed by atoms with Crippen LogP contribution in [0.2, 0.25) is 0 Å². The lowest BCUT2D eigenvalue weighted by molar-refractivity contribution is -0.155. The quantitative estimate of drug-likeness (QED) is 0.731. The van der Waals surface area contributed by atoms with Crippen LogP contribution >= 0.6 is 0 Å². The minimum absolute atomic E-state index is 0.0753. The number of benzene rings is 1. The van der Waals surface area contributed by atoms with Crippen LogP contribution in [-0.4, -0.2) is 39.5 Å². The molecule has 0 saturated carbocycles. The summed E-state index contributed by atoms with van der Waals surface area (Å²) in [7, 11) is 1.68. The maximum absolute atomic E-state index is 6.06. The normalized spacial score (nSPS) is 16.9. The zero-order valence-electron chi connectivity index (χ0n) is 11.7. The highest BCUT2D eigenvalue weighted by atomic mass is 16.6. The van der Waals surface area contributed by atoms with E-state index in [1.165, 1.54) is 5.56 Å². The van der Waals surface area contributed by atoms with Crippen LogP contribution < -0.4 is 10.1 Å². The summed E-state index contributed by atoms with van der Waals surface area (Å²) in [6, 6.07) is 8.08. The smallest absolute Gasteiger partial charge is 0.118 e. The van der Waals surface area contributed by atoms with Crippen molar-refractivity contribution in [1.82, 2.24) is 5.32 Å². The van der Waals surface area contributed by atoms with Crippen molar-refractivity contribution >= 4 is 0 Å². The van der Waals surface area contributed by atoms with Crippen molar-refractivity contribution in [2.24, 2.45) is 0 Å². The molecule has 1 unspecified atom stereocenters. The van der Waals surface area contributed by atoms with Crippen LogP contribution in [0.15, 0.2) is 24.3 Å². The van der Waals surface area contributed by atoms with Gasteiger partial charge in [-0.25, -0.2) is 0 Å². The van der Waals surface area contributed by atoms with Gasteiger partial charge in [0.1, 0.15) is 11.9 Å². The molecule has 0 spiro atoms. The average molecular weight is 265 g/mol. The Hall–Kier alpha value is -1.10. The first-order valence-corrected chi connectivity index (χ1v) is 6.91. The molecule has 1 N–H and O–H groups in total. The van der Waals surface area contributed by atoms with Crippen molar-refractivity contribution in [2.45, 2.75) is 25.6 Å². The molecular formula is C15H23NO3. The Morgan fingerprint density at radius 3 is 2.58 bits per heavy atom. The standard InChI is InChI=1S/C15H23NO3/c1-3-8-16-9-15(19-14-10-18-11-14)12-4-6-13(17-2)7-5-12/h4-7,14-16H,3,8-11H2,1-2H3. The van der Waals surface area contributed by atoms with E-state index in [9.17, 15) is 0 Å². The molecule has 1 aliphatic rings. The van der Waals surface area contributed by atoms with Crippen LogP contribution in [0.3, 0.4) is 0 Å². The van der Waals surface area contributed by atoms with Crippen molar-refractivity contribution < 1.29 is 14.2 Å². The molecule has 4 nitrogen and oxygen atoms in total. The fourth-order valence-corrected chi connectivity index (χ4v) is 2.00. The molecule has 4 heteroatoms. The largest absolute Gasteiger partial charge is 0.497 e. The van der Waals surface area contributed by atoms with E-state index in [1.807, 2.05) is 12.1 Å². The first-order chi connectivity index (χ1) is 9.33. The maximum atomic E-state index is 6.06. The minimum Gasteiger partial charge on any atom is -0.497 e. The lowest BCUT2D eigenvalue weighted by Gasteiger charge is -2.31. The highest BCUT2D eigenvalue weighted by Gasteiger charge is 2.24. The summed E-state index contributed by atoms with van der Waals surface area (Å²) < 4.78 is 16.4. The van der Waals surface area contributed by atoms with Crippen LogP contribution in [0, 0.1) is 0 Å². The third-order valence-electron chi connectivity index (χ3n) is 3.21. The molecule has 0 aliphatic carbocycles. The molecule has 1 aromatic rings. The number of nitrogens with one attached hydrogen (secondary N) is 1. The monoisotopic (exact) mass is 265 g/mol. The summed E-state index contributed by atoms with van der Waals surface area (Å²) in [4.78, 5) is 0. The van der Waals surface area contributed by atoms with Crippen LogP contribution in [0.1, 0.15) is 25.0 Å². The Balaban J connectivity index is 1.96. The summed E-state index contributed by atoms with van der Waals surface area (Å²) in [6.45, 7) is 5.42. The minimum atomic E-state index is 0.0753. The predicted octanol–water partition coefficient (Wildman–Crippen LogP) is 2.15. The van der Waals surface area contributed by atoms with Gasteiger partial charge in [-0.15, -0.1) is 0 Å². The average Bonchev–Trinajstić information content (AvgIpc) is 2.41. The van der Waals surface area contributed by atoms with Crippen LogP contribution in [0.25, 0.3) is 0 Å². The summed E-state index contributed by atoms with van der Waals surface area (Å²) in [6.07, 6.45) is 1.43. The van der Waals surface area contributed by atoms with Crippen molar-refractivity contribution in [2.75, 3.05) is 33.4 Å². The van der Waals surface area contributed by atoms with E-state index < -0.39 is 0 Å². The third-order valence-corrected chi connectivity index (χ3v) is 3.21. The second kappa shape index (κ2) is 7.48. The molecule has 1 heterocycles. The fraction of sp³-hybridized carbons (Fsp3) is 0.600. The number of rotatable bonds is 8. The molecule has 0 aromatic heterocycles. The van der Waals surface area contributed by atoms with Gasteiger partial charge in [0.15, 0.2) is 0 Å². The highest BCUT2D eigenvalue weighted by molar-refractivity contribution is 5.28. The molecule has 19 heavy (non-hydrogen) atoms. The van der Waals surface area contributed by atoms with Crippen molar-refractivity contribution in [3.63, 3.8) is 0 Å². The Kier molecular flexibility index (Phi) is 5.63. The summed E-state index contributed by atoms with van der Waals surface area (Å²) in [5.74, 6) is 0.871. The van der Waals surface area contributed by atoms with E-state index in [4.69, 9.17) is 14.2 Å². The molecule has 0 amide bonds. The van der Waals surface area contributed by atoms with Crippen molar-refractivity contribution in [1.29, 1.82) is 0 Å². The Labute approximate surface area is 115 Å². The molecule has 1 aromatic carbocycles. The Morgan fingerprint density at radius 1 is 1.32 bits per heavy atom. The summed E-state index contributed by atoms with van der Waals surface area (Å²) in [5.41, 5.74) is 1.18. The van der Waals surface area contributed by atoms with Gasteiger partial charge in [0.05, 0.1) is 26.4 Å². The van der Waals surface area contributed by atoms with E-state index in [0.717, 1.165) is 25.3 Å². The van der Waals surface area contributed by atoms with E-state index >= 15 is 0 Å². The number of hydrogen-bond donors (Lipinski definition) is 1. The van der Waals surface area contributed by atoms with Gasteiger partial charge in [-0.1, -0.05) is 19.1 Å². The molecular weight excluding hydrogens is 242 g/mol. The first kappa shape index (κ1) is 14.3. The van der Waals surface area contributed by atoms with Gasteiger partial charge in [-0.2, -0.15) is 0 Å². The van der Waals surface area contributed by atoms with E-state index in [2.05, 4.69) is 24.4 Å². The molecule has 2 rings (SSSR count). The van der Waals surface area contributed by atoms with Crippen LogP contribution in [0.4, 0.5) is 0 Å². The van der Waals surface area contributed by atoms with Gasteiger partial charge in [0.2, 0.25) is 0 Å². The molecule has 106 valence electrons. The first-order valence-electron chi connectivity index (χ1n) is 6.91. The SMILES string of the molecule is CCCNCC(OC1COC1)c1ccc(OC)cc1. The van der Waals surface area contributed by atoms with Gasteiger partial charge in [-0.3, -0.25) is 0 Å². The lowest BCUT2D eigenvalue weighted by Crippen LogP contribution is -2.39. The van der Waals surface area contributed by atoms with Gasteiger partial charge in [-0.05, 0) is 30.7 Å². The highest BCUT2D eigenvalue weighted by Crippen LogP contribution is 2.23. The second-order valence-corrected chi connectivity index (χ2v) is 4.76. The second-order valence-electron chi connectivity index (χ2n) is 4.76. The zero-order valence-corrected chi connectivity index (χ0v) is 11.7. The third kappa shape index (κ3) is 4.20. The number of ether oxygens (including phenoxy) is 3. The van der Waals surface area contributed by atoms with Crippen molar-refractivity contribution in [3.05, 3.63) is 29.8 Å². The molecule has 0 radical (unpaired) electrons. The molecule has 1 fully saturated rings. The molecule has 1 saturated heterocycles. The van der Waals surface area contributed by atoms with Crippen LogP contribution in [0.5, 0.6) is 5.75 Å². The van der Waals surface area contributed by atoms with Gasteiger partial charge in [0, 0.05) is 6.54 Å². The Bertz CT molecular complexity index is 362. The van der Waals surface area contributed by atoms with E-state index in [-0.39, 0.29) is 12.2 Å². The predicted molar refractivity (Wildman–Crippen MR) is 74.6 cm³/mol. The Morgan fingerprint density at radius 2 is 2.05 bits per heavy atom. The van der Waals surface area contributed by atoms with E-state index in [1.54, 1.807) is 7.11 Å². The lowest BCUT2D eigenvalue weighted by atomic mass is 10.1. The molecule has 0 bridgehead atoms. The zero-order chi connectivity index (χ0) is 13.5. The maximum Gasteiger partial charge on any atom is 0.118 e.